The molecule has 3 aliphatic rings. The first-order valence-electron chi connectivity index (χ1n) is 7.38. The molecule has 0 saturated heterocycles. The van der Waals surface area contributed by atoms with E-state index >= 15 is 0 Å². The molecule has 3 rings (SSSR count). The van der Waals surface area contributed by atoms with Crippen molar-refractivity contribution in [2.24, 2.45) is 16.7 Å². The third kappa shape index (κ3) is 2.34. The molecule has 4 unspecified atom stereocenters. The quantitative estimate of drug-likeness (QED) is 0.462. The maximum Gasteiger partial charge on any atom is 0.432 e. The smallest absolute Gasteiger partial charge is 0.432 e. The number of ether oxygens (including phenoxy) is 1. The van der Waals surface area contributed by atoms with Crippen LogP contribution >= 0.6 is 0 Å². The molecule has 5 nitrogen and oxygen atoms in total. The number of hydrogen-bond acceptors (Lipinski definition) is 4. The molecule has 1 N–H and O–H groups in total. The van der Waals surface area contributed by atoms with Gasteiger partial charge in [0.15, 0.2) is 0 Å². The molecule has 3 saturated carbocycles. The fourth-order valence-corrected chi connectivity index (χ4v) is 5.08. The zero-order valence-electron chi connectivity index (χ0n) is 12.3. The highest BCUT2D eigenvalue weighted by Gasteiger charge is 2.78. The molecule has 11 heteroatoms. The molecule has 0 heterocycles. The summed E-state index contributed by atoms with van der Waals surface area (Å²) in [6, 6.07) is 0. The standard InChI is InChI=1S/C13H15F5O5S/c14-12(15,16)8(13(17,18)24(20,21)22)23-9(19)11-5-7-2-1-3-10(11,4-7)6-11/h7-8H,1-6H2,(H,20,21,22). The lowest BCUT2D eigenvalue weighted by Gasteiger charge is -2.28. The summed E-state index contributed by atoms with van der Waals surface area (Å²) < 4.78 is 99.3. The first kappa shape index (κ1) is 17.8. The maximum absolute atomic E-state index is 13.5. The van der Waals surface area contributed by atoms with E-state index in [2.05, 4.69) is 4.74 Å². The highest BCUT2D eigenvalue weighted by molar-refractivity contribution is 7.86. The first-order chi connectivity index (χ1) is 10.8. The van der Waals surface area contributed by atoms with Crippen molar-refractivity contribution in [2.45, 2.75) is 56.1 Å². The molecule has 0 radical (unpaired) electrons. The first-order valence-corrected chi connectivity index (χ1v) is 8.82. The summed E-state index contributed by atoms with van der Waals surface area (Å²) in [7, 11) is -6.41. The van der Waals surface area contributed by atoms with Crippen LogP contribution in [0.3, 0.4) is 0 Å². The summed E-state index contributed by atoms with van der Waals surface area (Å²) in [4.78, 5) is 12.2. The van der Waals surface area contributed by atoms with E-state index in [1.807, 2.05) is 0 Å². The van der Waals surface area contributed by atoms with E-state index in [4.69, 9.17) is 4.55 Å². The second-order valence-corrected chi connectivity index (χ2v) is 8.56. The molecule has 3 fully saturated rings. The summed E-state index contributed by atoms with van der Waals surface area (Å²) in [6.45, 7) is 0. The van der Waals surface area contributed by atoms with E-state index in [1.165, 1.54) is 0 Å². The van der Waals surface area contributed by atoms with E-state index in [0.29, 0.717) is 12.8 Å². The number of alkyl halides is 5. The Morgan fingerprint density at radius 3 is 2.33 bits per heavy atom. The SMILES string of the molecule is O=C(OC(C(F)(F)F)C(F)(F)S(=O)(=O)O)C12CC3CCCC1(C3)C2. The Morgan fingerprint density at radius 2 is 1.83 bits per heavy atom. The van der Waals surface area contributed by atoms with Crippen LogP contribution in [0.15, 0.2) is 0 Å². The molecule has 2 bridgehead atoms. The predicted octanol–water partition coefficient (Wildman–Crippen LogP) is 2.91. The van der Waals surface area contributed by atoms with E-state index in [-0.39, 0.29) is 18.8 Å². The average Bonchev–Trinajstić information content (AvgIpc) is 2.92. The van der Waals surface area contributed by atoms with Crippen LogP contribution in [-0.4, -0.2) is 36.5 Å². The Kier molecular flexibility index (Phi) is 3.57. The monoisotopic (exact) mass is 378 g/mol. The molecule has 138 valence electrons. The fourth-order valence-electron chi connectivity index (χ4n) is 4.62. The Bertz CT molecular complexity index is 675. The molecule has 0 aromatic carbocycles. The van der Waals surface area contributed by atoms with Gasteiger partial charge in [0.25, 0.3) is 6.10 Å². The van der Waals surface area contributed by atoms with E-state index in [9.17, 15) is 35.2 Å². The second kappa shape index (κ2) is 4.80. The fraction of sp³-hybridized carbons (Fsp3) is 0.923. The van der Waals surface area contributed by atoms with Crippen molar-refractivity contribution in [1.82, 2.24) is 0 Å². The molecule has 1 spiro atoms. The van der Waals surface area contributed by atoms with Gasteiger partial charge in [0.1, 0.15) is 0 Å². The van der Waals surface area contributed by atoms with Crippen LogP contribution in [0.25, 0.3) is 0 Å². The van der Waals surface area contributed by atoms with Crippen molar-refractivity contribution in [3.63, 3.8) is 0 Å². The number of carbonyl (C=O) groups excluding carboxylic acids is 1. The molecule has 0 aliphatic heterocycles. The van der Waals surface area contributed by atoms with Crippen LogP contribution in [0.4, 0.5) is 22.0 Å². The van der Waals surface area contributed by atoms with E-state index in [1.54, 1.807) is 0 Å². The van der Waals surface area contributed by atoms with Crippen molar-refractivity contribution < 1.29 is 44.5 Å². The van der Waals surface area contributed by atoms with Gasteiger partial charge in [-0.15, -0.1) is 0 Å². The molecule has 24 heavy (non-hydrogen) atoms. The summed E-state index contributed by atoms with van der Waals surface area (Å²) >= 11 is 0. The average molecular weight is 378 g/mol. The van der Waals surface area contributed by atoms with Crippen molar-refractivity contribution in [3.8, 4) is 0 Å². The minimum absolute atomic E-state index is 0.145. The predicted molar refractivity (Wildman–Crippen MR) is 68.5 cm³/mol. The van der Waals surface area contributed by atoms with E-state index in [0.717, 1.165) is 12.8 Å². The Balaban J connectivity index is 1.86. The summed E-state index contributed by atoms with van der Waals surface area (Å²) in [5.74, 6) is -1.30. The van der Waals surface area contributed by atoms with Crippen molar-refractivity contribution in [1.29, 1.82) is 0 Å². The number of fused-ring (bicyclic) bond motifs is 1. The molecule has 3 aliphatic carbocycles. The van der Waals surface area contributed by atoms with Crippen molar-refractivity contribution >= 4 is 16.1 Å². The summed E-state index contributed by atoms with van der Waals surface area (Å²) in [5, 5.41) is -5.67. The largest absolute Gasteiger partial charge is 0.444 e. The highest BCUT2D eigenvalue weighted by atomic mass is 32.2. The van der Waals surface area contributed by atoms with Gasteiger partial charge in [0.2, 0.25) is 0 Å². The zero-order chi connectivity index (χ0) is 18.2. The van der Waals surface area contributed by atoms with Crippen LogP contribution < -0.4 is 0 Å². The van der Waals surface area contributed by atoms with Crippen LogP contribution in [0.2, 0.25) is 0 Å². The van der Waals surface area contributed by atoms with Gasteiger partial charge in [0, 0.05) is 0 Å². The molecular formula is C13H15F5O5S. The third-order valence-corrected chi connectivity index (χ3v) is 6.58. The summed E-state index contributed by atoms with van der Waals surface area (Å²) in [6.07, 6.45) is -6.64. The number of hydrogen-bond donors (Lipinski definition) is 1. The Hall–Kier alpha value is -0.970. The normalized spacial score (nSPS) is 36.8. The third-order valence-electron chi connectivity index (χ3n) is 5.68. The van der Waals surface area contributed by atoms with Gasteiger partial charge in [-0.1, -0.05) is 12.8 Å². The zero-order valence-corrected chi connectivity index (χ0v) is 13.1. The van der Waals surface area contributed by atoms with Gasteiger partial charge in [0.05, 0.1) is 5.41 Å². The van der Waals surface area contributed by atoms with Crippen molar-refractivity contribution in [3.05, 3.63) is 0 Å². The molecule has 0 aromatic rings. The number of rotatable bonds is 4. The number of esters is 1. The topological polar surface area (TPSA) is 80.7 Å². The van der Waals surface area contributed by atoms with Gasteiger partial charge in [-0.25, -0.2) is 0 Å². The maximum atomic E-state index is 13.5. The van der Waals surface area contributed by atoms with E-state index < -0.39 is 44.5 Å². The summed E-state index contributed by atoms with van der Waals surface area (Å²) in [5.41, 5.74) is -1.73. The lowest BCUT2D eigenvalue weighted by molar-refractivity contribution is -0.261. The Morgan fingerprint density at radius 1 is 1.21 bits per heavy atom. The molecule has 4 atom stereocenters. The number of halogens is 5. The minimum Gasteiger partial charge on any atom is -0.444 e. The van der Waals surface area contributed by atoms with Gasteiger partial charge in [-0.05, 0) is 37.0 Å². The van der Waals surface area contributed by atoms with Crippen LogP contribution in [0, 0.1) is 16.7 Å². The molecular weight excluding hydrogens is 363 g/mol. The van der Waals surface area contributed by atoms with Crippen molar-refractivity contribution in [2.75, 3.05) is 0 Å². The van der Waals surface area contributed by atoms with Crippen LogP contribution in [0.1, 0.15) is 38.5 Å². The lowest BCUT2D eigenvalue weighted by Crippen LogP contribution is -2.53. The molecule has 0 aromatic heterocycles. The van der Waals surface area contributed by atoms with Gasteiger partial charge in [-0.2, -0.15) is 30.4 Å². The Labute approximate surface area is 134 Å². The number of carbonyl (C=O) groups is 1. The molecule has 0 amide bonds. The second-order valence-electron chi connectivity index (χ2n) is 7.07. The van der Waals surface area contributed by atoms with Crippen LogP contribution in [-0.2, 0) is 19.6 Å². The van der Waals surface area contributed by atoms with Gasteiger partial charge >= 0.3 is 27.5 Å². The lowest BCUT2D eigenvalue weighted by atomic mass is 9.83. The van der Waals surface area contributed by atoms with Crippen LogP contribution in [0.5, 0.6) is 0 Å². The minimum atomic E-state index is -6.41. The highest BCUT2D eigenvalue weighted by Crippen LogP contribution is 2.79. The van der Waals surface area contributed by atoms with Gasteiger partial charge in [-0.3, -0.25) is 9.35 Å². The van der Waals surface area contributed by atoms with Gasteiger partial charge < -0.3 is 4.74 Å².